The number of benzene rings is 3. The van der Waals surface area contributed by atoms with Crippen LogP contribution in [0.2, 0.25) is 0 Å². The van der Waals surface area contributed by atoms with Crippen molar-refractivity contribution in [1.82, 2.24) is 5.32 Å². The molecule has 0 aromatic heterocycles. The van der Waals surface area contributed by atoms with Gasteiger partial charge in [0.1, 0.15) is 12.4 Å². The normalized spacial score (nSPS) is 15.9. The van der Waals surface area contributed by atoms with E-state index in [4.69, 9.17) is 4.74 Å². The van der Waals surface area contributed by atoms with E-state index >= 15 is 0 Å². The third-order valence-electron chi connectivity index (χ3n) is 5.36. The lowest BCUT2D eigenvalue weighted by Crippen LogP contribution is -2.38. The minimum absolute atomic E-state index is 0.0358. The summed E-state index contributed by atoms with van der Waals surface area (Å²) in [5.74, 6) is 0.249. The highest BCUT2D eigenvalue weighted by Gasteiger charge is 2.27. The summed E-state index contributed by atoms with van der Waals surface area (Å²) < 4.78 is 6.74. The number of carbonyl (C=O) groups is 2. The molecule has 0 bridgehead atoms. The second kappa shape index (κ2) is 9.35. The summed E-state index contributed by atoms with van der Waals surface area (Å²) in [5.41, 5.74) is 3.22. The average molecular weight is 479 g/mol. The number of amides is 2. The highest BCUT2D eigenvalue weighted by atomic mass is 79.9. The third kappa shape index (κ3) is 5.14. The molecule has 0 spiro atoms. The van der Waals surface area contributed by atoms with Crippen LogP contribution in [0.5, 0.6) is 5.75 Å². The van der Waals surface area contributed by atoms with Crippen LogP contribution in [-0.4, -0.2) is 18.4 Å². The van der Waals surface area contributed by atoms with Crippen molar-refractivity contribution in [3.63, 3.8) is 0 Å². The fourth-order valence-corrected chi connectivity index (χ4v) is 3.87. The molecular formula is C25H23BrN2O3. The third-order valence-corrected chi connectivity index (χ3v) is 5.89. The zero-order chi connectivity index (χ0) is 21.8. The fraction of sp³-hybridized carbons (Fsp3) is 0.200. The van der Waals surface area contributed by atoms with Crippen LogP contribution in [0.15, 0.2) is 77.3 Å². The Kier molecular flexibility index (Phi) is 6.37. The first-order valence-corrected chi connectivity index (χ1v) is 11.0. The number of nitrogens with one attached hydrogen (secondary N) is 2. The quantitative estimate of drug-likeness (QED) is 0.533. The van der Waals surface area contributed by atoms with Gasteiger partial charge in [-0.1, -0.05) is 46.3 Å². The predicted molar refractivity (Wildman–Crippen MR) is 124 cm³/mol. The van der Waals surface area contributed by atoms with Crippen LogP contribution in [0.1, 0.15) is 34.5 Å². The van der Waals surface area contributed by atoms with E-state index in [1.54, 1.807) is 12.1 Å². The topological polar surface area (TPSA) is 67.4 Å². The Bertz CT molecular complexity index is 1080. The predicted octanol–water partition coefficient (Wildman–Crippen LogP) is 5.13. The Hall–Kier alpha value is -3.12. The lowest BCUT2D eigenvalue weighted by molar-refractivity contribution is -0.126. The van der Waals surface area contributed by atoms with Crippen LogP contribution in [0.25, 0.3) is 0 Å². The van der Waals surface area contributed by atoms with Crippen molar-refractivity contribution in [1.29, 1.82) is 0 Å². The van der Waals surface area contributed by atoms with Crippen LogP contribution in [-0.2, 0) is 11.2 Å². The number of hydrogen-bond acceptors (Lipinski definition) is 3. The summed E-state index contributed by atoms with van der Waals surface area (Å²) >= 11 is 3.37. The highest BCUT2D eigenvalue weighted by Crippen LogP contribution is 2.30. The van der Waals surface area contributed by atoms with Crippen LogP contribution in [0, 0.1) is 5.92 Å². The van der Waals surface area contributed by atoms with Gasteiger partial charge in [0.25, 0.3) is 5.91 Å². The Morgan fingerprint density at radius 2 is 1.77 bits per heavy atom. The van der Waals surface area contributed by atoms with E-state index in [1.165, 1.54) is 0 Å². The van der Waals surface area contributed by atoms with Crippen LogP contribution < -0.4 is 15.4 Å². The molecule has 2 N–H and O–H groups in total. The van der Waals surface area contributed by atoms with E-state index in [-0.39, 0.29) is 23.8 Å². The van der Waals surface area contributed by atoms with E-state index in [2.05, 4.69) is 26.6 Å². The first kappa shape index (κ1) is 21.1. The molecule has 1 heterocycles. The Morgan fingerprint density at radius 3 is 2.52 bits per heavy atom. The molecule has 0 aliphatic carbocycles. The summed E-state index contributed by atoms with van der Waals surface area (Å²) in [5, 5.41) is 5.99. The van der Waals surface area contributed by atoms with Crippen molar-refractivity contribution < 1.29 is 14.3 Å². The summed E-state index contributed by atoms with van der Waals surface area (Å²) in [6.07, 6.45) is 0.560. The Morgan fingerprint density at radius 1 is 1.03 bits per heavy atom. The molecule has 1 aliphatic heterocycles. The number of carbonyl (C=O) groups excluding carboxylic acids is 2. The molecule has 0 saturated heterocycles. The molecule has 0 unspecified atom stereocenters. The van der Waals surface area contributed by atoms with Gasteiger partial charge in [0.2, 0.25) is 5.91 Å². The van der Waals surface area contributed by atoms with Crippen molar-refractivity contribution >= 4 is 33.4 Å². The Balaban J connectivity index is 1.41. The van der Waals surface area contributed by atoms with Gasteiger partial charge >= 0.3 is 0 Å². The number of rotatable bonds is 5. The van der Waals surface area contributed by atoms with Gasteiger partial charge in [-0.25, -0.2) is 0 Å². The van der Waals surface area contributed by atoms with E-state index in [9.17, 15) is 9.59 Å². The fourth-order valence-electron chi connectivity index (χ4n) is 3.60. The summed E-state index contributed by atoms with van der Waals surface area (Å²) in [6.45, 7) is 2.31. The minimum Gasteiger partial charge on any atom is -0.492 e. The van der Waals surface area contributed by atoms with Gasteiger partial charge in [0, 0.05) is 15.7 Å². The van der Waals surface area contributed by atoms with Gasteiger partial charge < -0.3 is 15.4 Å². The van der Waals surface area contributed by atoms with E-state index < -0.39 is 0 Å². The molecule has 3 aromatic rings. The van der Waals surface area contributed by atoms with Crippen LogP contribution in [0.4, 0.5) is 5.69 Å². The molecule has 0 fully saturated rings. The van der Waals surface area contributed by atoms with E-state index in [0.29, 0.717) is 24.3 Å². The van der Waals surface area contributed by atoms with Crippen molar-refractivity contribution in [2.75, 3.05) is 11.9 Å². The lowest BCUT2D eigenvalue weighted by Gasteiger charge is -2.26. The highest BCUT2D eigenvalue weighted by molar-refractivity contribution is 9.10. The molecule has 0 radical (unpaired) electrons. The van der Waals surface area contributed by atoms with E-state index in [1.807, 2.05) is 67.6 Å². The van der Waals surface area contributed by atoms with Gasteiger partial charge in [-0.15, -0.1) is 0 Å². The molecule has 31 heavy (non-hydrogen) atoms. The molecule has 2 amide bonds. The Labute approximate surface area is 189 Å². The standard InChI is InChI=1S/C25H23BrN2O3/c1-16(17-5-3-2-4-6-17)27-25(30)20-13-19-14-22(11-12-23(19)31-15-20)28-24(29)18-7-9-21(26)10-8-18/h2-12,14,16,20H,13,15H2,1H3,(H,27,30)(H,28,29)/t16-,20-/m0/s1. The number of fused-ring (bicyclic) bond motifs is 1. The first-order valence-electron chi connectivity index (χ1n) is 10.2. The smallest absolute Gasteiger partial charge is 0.255 e. The molecule has 5 nitrogen and oxygen atoms in total. The van der Waals surface area contributed by atoms with Gasteiger partial charge in [-0.2, -0.15) is 0 Å². The summed E-state index contributed by atoms with van der Waals surface area (Å²) in [7, 11) is 0. The maximum atomic E-state index is 12.8. The van der Waals surface area contributed by atoms with Crippen molar-refractivity contribution in [3.8, 4) is 5.75 Å². The average Bonchev–Trinajstić information content (AvgIpc) is 2.79. The van der Waals surface area contributed by atoms with Gasteiger partial charge in [0.05, 0.1) is 12.0 Å². The van der Waals surface area contributed by atoms with Gasteiger partial charge in [-0.3, -0.25) is 9.59 Å². The largest absolute Gasteiger partial charge is 0.492 e. The molecule has 1 aliphatic rings. The molecule has 4 rings (SSSR count). The molecule has 0 saturated carbocycles. The lowest BCUT2D eigenvalue weighted by atomic mass is 9.95. The second-order valence-corrected chi connectivity index (χ2v) is 8.55. The number of halogens is 1. The maximum absolute atomic E-state index is 12.8. The zero-order valence-electron chi connectivity index (χ0n) is 17.1. The molecular weight excluding hydrogens is 456 g/mol. The minimum atomic E-state index is -0.281. The van der Waals surface area contributed by atoms with Crippen molar-refractivity contribution in [2.45, 2.75) is 19.4 Å². The number of hydrogen-bond donors (Lipinski definition) is 2. The number of anilines is 1. The van der Waals surface area contributed by atoms with Gasteiger partial charge in [-0.05, 0) is 66.9 Å². The zero-order valence-corrected chi connectivity index (χ0v) is 18.7. The first-order chi connectivity index (χ1) is 15.0. The molecule has 3 aromatic carbocycles. The summed E-state index contributed by atoms with van der Waals surface area (Å²) in [4.78, 5) is 25.3. The number of ether oxygens (including phenoxy) is 1. The van der Waals surface area contributed by atoms with Gasteiger partial charge in [0.15, 0.2) is 0 Å². The van der Waals surface area contributed by atoms with Crippen molar-refractivity contribution in [2.24, 2.45) is 5.92 Å². The molecule has 2 atom stereocenters. The maximum Gasteiger partial charge on any atom is 0.255 e. The molecule has 158 valence electrons. The monoisotopic (exact) mass is 478 g/mol. The van der Waals surface area contributed by atoms with E-state index in [0.717, 1.165) is 21.3 Å². The van der Waals surface area contributed by atoms with Crippen LogP contribution >= 0.6 is 15.9 Å². The molecule has 6 heteroatoms. The summed E-state index contributed by atoms with van der Waals surface area (Å²) in [6, 6.07) is 22.5. The van der Waals surface area contributed by atoms with Crippen molar-refractivity contribution in [3.05, 3.63) is 94.0 Å². The van der Waals surface area contributed by atoms with Crippen LogP contribution in [0.3, 0.4) is 0 Å². The SMILES string of the molecule is C[C@H](NC(=O)[C@@H]1COc2ccc(NC(=O)c3ccc(Br)cc3)cc2C1)c1ccccc1. The second-order valence-electron chi connectivity index (χ2n) is 7.64.